The molecule has 2 aromatic heterocycles. The van der Waals surface area contributed by atoms with Crippen LogP contribution in [0.4, 0.5) is 5.82 Å². The Labute approximate surface area is 151 Å². The molecule has 130 valence electrons. The molecule has 0 atom stereocenters. The van der Waals surface area contributed by atoms with Crippen molar-refractivity contribution in [1.82, 2.24) is 14.5 Å². The summed E-state index contributed by atoms with van der Waals surface area (Å²) in [6.45, 7) is 1.12. The SMILES string of the molecule is C[n+]1cn(Cc2ccccc2)c2c([N-]OCc3ccccc3)ncnc21. The average Bonchev–Trinajstić information content (AvgIpc) is 3.00. The molecule has 4 rings (SSSR count). The van der Waals surface area contributed by atoms with Crippen molar-refractivity contribution in [2.24, 2.45) is 7.05 Å². The molecule has 0 saturated heterocycles. The van der Waals surface area contributed by atoms with Crippen LogP contribution < -0.4 is 4.57 Å². The third kappa shape index (κ3) is 3.41. The van der Waals surface area contributed by atoms with Crippen LogP contribution >= 0.6 is 0 Å². The fourth-order valence-electron chi connectivity index (χ4n) is 2.91. The third-order valence-corrected chi connectivity index (χ3v) is 4.14. The summed E-state index contributed by atoms with van der Waals surface area (Å²) in [6, 6.07) is 20.2. The van der Waals surface area contributed by atoms with Gasteiger partial charge in [0.25, 0.3) is 0 Å². The summed E-state index contributed by atoms with van der Waals surface area (Å²) >= 11 is 0. The molecule has 0 aliphatic carbocycles. The van der Waals surface area contributed by atoms with Crippen LogP contribution in [0.1, 0.15) is 11.1 Å². The first-order valence-corrected chi connectivity index (χ1v) is 8.41. The summed E-state index contributed by atoms with van der Waals surface area (Å²) in [5.74, 6) is 0.530. The molecule has 0 radical (unpaired) electrons. The second kappa shape index (κ2) is 7.33. The van der Waals surface area contributed by atoms with Crippen LogP contribution in [0.15, 0.2) is 73.3 Å². The Hall–Kier alpha value is -3.25. The van der Waals surface area contributed by atoms with Crippen molar-refractivity contribution in [2.75, 3.05) is 0 Å². The van der Waals surface area contributed by atoms with Crippen LogP contribution in [0.25, 0.3) is 16.6 Å². The smallest absolute Gasteiger partial charge is 0.300 e. The van der Waals surface area contributed by atoms with Crippen LogP contribution in [-0.4, -0.2) is 14.5 Å². The largest absolute Gasteiger partial charge is 0.407 e. The Bertz CT molecular complexity index is 999. The minimum absolute atomic E-state index is 0.401. The van der Waals surface area contributed by atoms with Gasteiger partial charge in [-0.25, -0.2) is 4.57 Å². The van der Waals surface area contributed by atoms with E-state index in [0.717, 1.165) is 16.7 Å². The second-order valence-corrected chi connectivity index (χ2v) is 6.06. The lowest BCUT2D eigenvalue weighted by molar-refractivity contribution is -0.647. The number of nitrogens with zero attached hydrogens (tertiary/aromatic N) is 5. The highest BCUT2D eigenvalue weighted by atomic mass is 16.6. The zero-order chi connectivity index (χ0) is 17.8. The number of aryl methyl sites for hydroxylation is 1. The van der Waals surface area contributed by atoms with Gasteiger partial charge in [-0.05, 0) is 11.1 Å². The lowest BCUT2D eigenvalue weighted by atomic mass is 10.2. The van der Waals surface area contributed by atoms with Gasteiger partial charge in [0, 0.05) is 5.82 Å². The number of hydrogen-bond acceptors (Lipinski definition) is 3. The van der Waals surface area contributed by atoms with Gasteiger partial charge in [-0.1, -0.05) is 60.7 Å². The third-order valence-electron chi connectivity index (χ3n) is 4.14. The van der Waals surface area contributed by atoms with Gasteiger partial charge in [0.2, 0.25) is 0 Å². The van der Waals surface area contributed by atoms with E-state index in [1.54, 1.807) is 0 Å². The minimum atomic E-state index is 0.401. The molecule has 0 bridgehead atoms. The number of hydrogen-bond donors (Lipinski definition) is 0. The Morgan fingerprint density at radius 3 is 2.38 bits per heavy atom. The molecule has 0 N–H and O–H groups in total. The molecule has 0 unspecified atom stereocenters. The number of imidazole rings is 1. The lowest BCUT2D eigenvalue weighted by Gasteiger charge is -2.14. The summed E-state index contributed by atoms with van der Waals surface area (Å²) in [7, 11) is 1.96. The Balaban J connectivity index is 1.60. The number of fused-ring (bicyclic) bond motifs is 1. The number of aromatic nitrogens is 4. The summed E-state index contributed by atoms with van der Waals surface area (Å²) in [4.78, 5) is 14.2. The maximum atomic E-state index is 5.54. The van der Waals surface area contributed by atoms with Crippen molar-refractivity contribution < 1.29 is 9.40 Å². The van der Waals surface area contributed by atoms with Gasteiger partial charge >= 0.3 is 5.65 Å². The Kier molecular flexibility index (Phi) is 4.57. The first-order chi connectivity index (χ1) is 12.8. The van der Waals surface area contributed by atoms with Gasteiger partial charge < -0.3 is 15.3 Å². The molecule has 0 amide bonds. The normalized spacial score (nSPS) is 11.0. The summed E-state index contributed by atoms with van der Waals surface area (Å²) < 4.78 is 4.06. The fraction of sp³-hybridized carbons (Fsp3) is 0.150. The van der Waals surface area contributed by atoms with Crippen LogP contribution in [0.2, 0.25) is 0 Å². The van der Waals surface area contributed by atoms with Crippen LogP contribution in [0.5, 0.6) is 0 Å². The molecule has 6 nitrogen and oxygen atoms in total. The fourth-order valence-corrected chi connectivity index (χ4v) is 2.91. The van der Waals surface area contributed by atoms with E-state index in [9.17, 15) is 0 Å². The maximum absolute atomic E-state index is 5.54. The van der Waals surface area contributed by atoms with Crippen molar-refractivity contribution in [3.63, 3.8) is 0 Å². The molecule has 0 saturated carbocycles. The number of benzene rings is 2. The van der Waals surface area contributed by atoms with Crippen molar-refractivity contribution in [3.05, 3.63) is 89.9 Å². The molecule has 0 spiro atoms. The van der Waals surface area contributed by atoms with E-state index in [-0.39, 0.29) is 0 Å². The highest BCUT2D eigenvalue weighted by Gasteiger charge is 2.15. The van der Waals surface area contributed by atoms with E-state index in [2.05, 4.69) is 32.1 Å². The van der Waals surface area contributed by atoms with E-state index in [1.807, 2.05) is 66.5 Å². The monoisotopic (exact) mass is 345 g/mol. The minimum Gasteiger partial charge on any atom is -0.407 e. The Morgan fingerprint density at radius 1 is 0.962 bits per heavy atom. The lowest BCUT2D eigenvalue weighted by Crippen LogP contribution is -2.26. The average molecular weight is 345 g/mol. The predicted molar refractivity (Wildman–Crippen MR) is 98.5 cm³/mol. The molecule has 2 aromatic carbocycles. The molecule has 26 heavy (non-hydrogen) atoms. The van der Waals surface area contributed by atoms with E-state index in [4.69, 9.17) is 4.84 Å². The first kappa shape index (κ1) is 16.2. The van der Waals surface area contributed by atoms with E-state index >= 15 is 0 Å². The van der Waals surface area contributed by atoms with Gasteiger partial charge in [-0.15, -0.1) is 4.98 Å². The van der Waals surface area contributed by atoms with Crippen LogP contribution in [-0.2, 0) is 25.0 Å². The Morgan fingerprint density at radius 2 is 1.65 bits per heavy atom. The summed E-state index contributed by atoms with van der Waals surface area (Å²) in [5.41, 5.74) is 8.19. The quantitative estimate of drug-likeness (QED) is 0.397. The second-order valence-electron chi connectivity index (χ2n) is 6.06. The molecular weight excluding hydrogens is 326 g/mol. The van der Waals surface area contributed by atoms with Crippen molar-refractivity contribution in [1.29, 1.82) is 0 Å². The van der Waals surface area contributed by atoms with Crippen LogP contribution in [0, 0.1) is 0 Å². The highest BCUT2D eigenvalue weighted by molar-refractivity contribution is 5.81. The van der Waals surface area contributed by atoms with Gasteiger partial charge in [-0.2, -0.15) is 0 Å². The van der Waals surface area contributed by atoms with Gasteiger partial charge in [0.15, 0.2) is 11.8 Å². The molecule has 0 aliphatic rings. The summed E-state index contributed by atoms with van der Waals surface area (Å²) in [6.07, 6.45) is 3.52. The van der Waals surface area contributed by atoms with Gasteiger partial charge in [-0.3, -0.25) is 4.57 Å². The molecular formula is C20H19N5O. The van der Waals surface area contributed by atoms with Gasteiger partial charge in [0.1, 0.15) is 0 Å². The zero-order valence-corrected chi connectivity index (χ0v) is 14.5. The molecule has 4 aromatic rings. The molecule has 6 heteroatoms. The molecule has 0 aliphatic heterocycles. The number of rotatable bonds is 6. The molecule has 0 fully saturated rings. The van der Waals surface area contributed by atoms with Gasteiger partial charge in [0.05, 0.1) is 26.5 Å². The van der Waals surface area contributed by atoms with E-state index < -0.39 is 0 Å². The summed E-state index contributed by atoms with van der Waals surface area (Å²) in [5, 5.41) is 0. The zero-order valence-electron chi connectivity index (χ0n) is 14.5. The highest BCUT2D eigenvalue weighted by Crippen LogP contribution is 2.25. The van der Waals surface area contributed by atoms with Crippen LogP contribution in [0.3, 0.4) is 0 Å². The van der Waals surface area contributed by atoms with E-state index in [1.165, 1.54) is 11.9 Å². The molecule has 2 heterocycles. The first-order valence-electron chi connectivity index (χ1n) is 8.41. The topological polar surface area (TPSA) is 57.9 Å². The van der Waals surface area contributed by atoms with Crippen molar-refractivity contribution in [2.45, 2.75) is 13.2 Å². The standard InChI is InChI=1S/C20H19N5O/c1-24-15-25(12-16-8-4-2-5-9-16)18-19(21-14-22-20(18)24)23-26-13-17-10-6-3-7-11-17/h2-11,14-15H,12-13H2,1H3. The maximum Gasteiger partial charge on any atom is 0.300 e. The van der Waals surface area contributed by atoms with Crippen molar-refractivity contribution >= 4 is 17.0 Å². The van der Waals surface area contributed by atoms with Crippen molar-refractivity contribution in [3.8, 4) is 0 Å². The van der Waals surface area contributed by atoms with E-state index in [0.29, 0.717) is 19.0 Å². The predicted octanol–water partition coefficient (Wildman–Crippen LogP) is 3.44.